The number of hydrogen-bond acceptors (Lipinski definition) is 4. The Morgan fingerprint density at radius 1 is 1.39 bits per heavy atom. The van der Waals surface area contributed by atoms with Gasteiger partial charge in [0.1, 0.15) is 0 Å². The molecule has 3 rings (SSSR count). The van der Waals surface area contributed by atoms with Crippen molar-refractivity contribution in [3.63, 3.8) is 0 Å². The van der Waals surface area contributed by atoms with Crippen LogP contribution in [0, 0.1) is 0 Å². The quantitative estimate of drug-likeness (QED) is 0.509. The first kappa shape index (κ1) is 16.0. The van der Waals surface area contributed by atoms with E-state index in [0.717, 1.165) is 49.4 Å². The highest BCUT2D eigenvalue weighted by Gasteiger charge is 2.28. The zero-order chi connectivity index (χ0) is 16.4. The van der Waals surface area contributed by atoms with Crippen LogP contribution in [0.2, 0.25) is 5.02 Å². The highest BCUT2D eigenvalue weighted by atomic mass is 35.5. The summed E-state index contributed by atoms with van der Waals surface area (Å²) < 4.78 is 1.83. The van der Waals surface area contributed by atoms with Gasteiger partial charge in [0.25, 0.3) is 5.91 Å². The lowest BCUT2D eigenvalue weighted by Gasteiger charge is -2.27. The van der Waals surface area contributed by atoms with E-state index in [4.69, 9.17) is 17.4 Å². The van der Waals surface area contributed by atoms with Gasteiger partial charge in [-0.15, -0.1) is 0 Å². The van der Waals surface area contributed by atoms with Crippen molar-refractivity contribution in [2.75, 3.05) is 13.1 Å². The molecule has 1 aromatic carbocycles. The Balaban J connectivity index is 2.05. The van der Waals surface area contributed by atoms with Crippen LogP contribution in [0.25, 0.3) is 5.69 Å². The number of nitrogens with zero attached hydrogens (tertiary/aromatic N) is 3. The molecule has 0 saturated carbocycles. The molecule has 1 amide bonds. The zero-order valence-corrected chi connectivity index (χ0v) is 13.8. The van der Waals surface area contributed by atoms with E-state index in [2.05, 4.69) is 22.3 Å². The second-order valence-corrected chi connectivity index (χ2v) is 6.10. The van der Waals surface area contributed by atoms with E-state index in [1.807, 2.05) is 28.9 Å². The molecular formula is C16H20ClN5O. The first-order chi connectivity index (χ1) is 11.1. The van der Waals surface area contributed by atoms with Crippen LogP contribution in [-0.2, 0) is 13.0 Å². The van der Waals surface area contributed by atoms with Crippen molar-refractivity contribution in [1.29, 1.82) is 0 Å². The van der Waals surface area contributed by atoms with Gasteiger partial charge in [-0.25, -0.2) is 10.5 Å². The van der Waals surface area contributed by atoms with Crippen LogP contribution >= 0.6 is 11.6 Å². The summed E-state index contributed by atoms with van der Waals surface area (Å²) in [4.78, 5) is 14.4. The monoisotopic (exact) mass is 333 g/mol. The number of fused-ring (bicyclic) bond motifs is 1. The topological polar surface area (TPSA) is 76.2 Å². The fourth-order valence-electron chi connectivity index (χ4n) is 3.03. The smallest absolute Gasteiger partial charge is 0.286 e. The van der Waals surface area contributed by atoms with Crippen LogP contribution in [0.15, 0.2) is 24.3 Å². The summed E-state index contributed by atoms with van der Waals surface area (Å²) in [5.41, 5.74) is 5.52. The fourth-order valence-corrected chi connectivity index (χ4v) is 3.15. The number of nitrogens with one attached hydrogen (secondary N) is 1. The number of carbonyl (C=O) groups excluding carboxylic acids is 1. The highest BCUT2D eigenvalue weighted by Crippen LogP contribution is 2.26. The Labute approximate surface area is 140 Å². The lowest BCUT2D eigenvalue weighted by atomic mass is 10.0. The predicted octanol–water partition coefficient (Wildman–Crippen LogP) is 1.90. The summed E-state index contributed by atoms with van der Waals surface area (Å²) in [6.07, 6.45) is 1.93. The number of hydrazine groups is 1. The highest BCUT2D eigenvalue weighted by molar-refractivity contribution is 6.30. The molecule has 7 heteroatoms. The molecule has 6 nitrogen and oxygen atoms in total. The number of halogens is 1. The van der Waals surface area contributed by atoms with Gasteiger partial charge in [-0.3, -0.25) is 15.1 Å². The van der Waals surface area contributed by atoms with Gasteiger partial charge < -0.3 is 0 Å². The molecule has 0 fully saturated rings. The third kappa shape index (κ3) is 3.10. The van der Waals surface area contributed by atoms with Crippen molar-refractivity contribution in [1.82, 2.24) is 20.1 Å². The van der Waals surface area contributed by atoms with Crippen molar-refractivity contribution in [2.24, 2.45) is 5.84 Å². The number of rotatable bonds is 4. The van der Waals surface area contributed by atoms with E-state index < -0.39 is 0 Å². The van der Waals surface area contributed by atoms with Gasteiger partial charge in [-0.1, -0.05) is 18.5 Å². The maximum Gasteiger partial charge on any atom is 0.286 e. The van der Waals surface area contributed by atoms with Gasteiger partial charge in [-0.2, -0.15) is 5.10 Å². The van der Waals surface area contributed by atoms with Crippen molar-refractivity contribution < 1.29 is 4.79 Å². The van der Waals surface area contributed by atoms with E-state index in [0.29, 0.717) is 10.7 Å². The molecule has 1 aromatic heterocycles. The number of benzene rings is 1. The van der Waals surface area contributed by atoms with Crippen molar-refractivity contribution in [3.05, 3.63) is 46.2 Å². The predicted molar refractivity (Wildman–Crippen MR) is 89.5 cm³/mol. The third-order valence-electron chi connectivity index (χ3n) is 4.09. The summed E-state index contributed by atoms with van der Waals surface area (Å²) in [5.74, 6) is 4.96. The van der Waals surface area contributed by atoms with Crippen molar-refractivity contribution in [3.8, 4) is 5.69 Å². The van der Waals surface area contributed by atoms with Crippen LogP contribution in [-0.4, -0.2) is 33.7 Å². The molecule has 0 radical (unpaired) electrons. The Morgan fingerprint density at radius 2 is 2.13 bits per heavy atom. The number of amides is 1. The average molecular weight is 334 g/mol. The van der Waals surface area contributed by atoms with Gasteiger partial charge in [0, 0.05) is 30.1 Å². The van der Waals surface area contributed by atoms with E-state index in [1.54, 1.807) is 0 Å². The molecule has 0 saturated heterocycles. The normalized spacial score (nSPS) is 14.6. The molecular weight excluding hydrogens is 314 g/mol. The first-order valence-electron chi connectivity index (χ1n) is 7.74. The van der Waals surface area contributed by atoms with Crippen LogP contribution < -0.4 is 11.3 Å². The Hall–Kier alpha value is -1.89. The molecule has 122 valence electrons. The number of nitrogens with two attached hydrogens (primary N) is 1. The minimum atomic E-state index is -0.354. The number of nitrogen functional groups attached to an aromatic ring is 1. The maximum absolute atomic E-state index is 12.1. The van der Waals surface area contributed by atoms with E-state index in [-0.39, 0.29) is 5.91 Å². The van der Waals surface area contributed by atoms with Crippen LogP contribution in [0.4, 0.5) is 0 Å². The van der Waals surface area contributed by atoms with Crippen molar-refractivity contribution >= 4 is 17.5 Å². The molecule has 0 bridgehead atoms. The standard InChI is InChI=1S/C16H20ClN5O/c1-2-8-21-9-7-14-13(10-21)15(16(23)19-18)20-22(14)12-5-3-11(17)4-6-12/h3-6H,2,7-10,18H2,1H3,(H,19,23). The van der Waals surface area contributed by atoms with Gasteiger partial charge in [0.05, 0.1) is 11.4 Å². The van der Waals surface area contributed by atoms with Gasteiger partial charge in [-0.05, 0) is 37.2 Å². The minimum Gasteiger partial charge on any atom is -0.299 e. The van der Waals surface area contributed by atoms with Crippen LogP contribution in [0.1, 0.15) is 35.1 Å². The summed E-state index contributed by atoms with van der Waals surface area (Å²) in [5, 5.41) is 5.18. The molecule has 1 aliphatic heterocycles. The minimum absolute atomic E-state index is 0.354. The number of aromatic nitrogens is 2. The molecule has 23 heavy (non-hydrogen) atoms. The number of carbonyl (C=O) groups is 1. The third-order valence-corrected chi connectivity index (χ3v) is 4.35. The summed E-state index contributed by atoms with van der Waals surface area (Å²) in [6.45, 7) is 4.85. The molecule has 2 aromatic rings. The fraction of sp³-hybridized carbons (Fsp3) is 0.375. The Morgan fingerprint density at radius 3 is 2.78 bits per heavy atom. The SMILES string of the molecule is CCCN1CCc2c(c(C(=O)NN)nn2-c2ccc(Cl)cc2)C1. The Bertz CT molecular complexity index is 710. The molecule has 1 aliphatic rings. The maximum atomic E-state index is 12.1. The summed E-state index contributed by atoms with van der Waals surface area (Å²) in [6, 6.07) is 7.44. The summed E-state index contributed by atoms with van der Waals surface area (Å²) in [7, 11) is 0. The van der Waals surface area contributed by atoms with E-state index in [9.17, 15) is 4.79 Å². The molecule has 0 spiro atoms. The van der Waals surface area contributed by atoms with E-state index >= 15 is 0 Å². The lowest BCUT2D eigenvalue weighted by Crippen LogP contribution is -2.34. The second-order valence-electron chi connectivity index (χ2n) is 5.66. The largest absolute Gasteiger partial charge is 0.299 e. The Kier molecular flexibility index (Phi) is 4.66. The van der Waals surface area contributed by atoms with Gasteiger partial charge in [0.15, 0.2) is 5.69 Å². The molecule has 0 aliphatic carbocycles. The molecule has 2 heterocycles. The average Bonchev–Trinajstić information content (AvgIpc) is 2.94. The van der Waals surface area contributed by atoms with Gasteiger partial charge >= 0.3 is 0 Å². The second kappa shape index (κ2) is 6.70. The molecule has 0 unspecified atom stereocenters. The van der Waals surface area contributed by atoms with Crippen LogP contribution in [0.3, 0.4) is 0 Å². The molecule has 0 atom stereocenters. The van der Waals surface area contributed by atoms with Gasteiger partial charge in [0.2, 0.25) is 0 Å². The zero-order valence-electron chi connectivity index (χ0n) is 13.1. The molecule has 3 N–H and O–H groups in total. The van der Waals surface area contributed by atoms with Crippen LogP contribution in [0.5, 0.6) is 0 Å². The van der Waals surface area contributed by atoms with Crippen molar-refractivity contribution in [2.45, 2.75) is 26.3 Å². The van der Waals surface area contributed by atoms with E-state index in [1.165, 1.54) is 0 Å². The lowest BCUT2D eigenvalue weighted by molar-refractivity contribution is 0.0946. The summed E-state index contributed by atoms with van der Waals surface area (Å²) >= 11 is 5.96. The first-order valence-corrected chi connectivity index (χ1v) is 8.11. The number of hydrogen-bond donors (Lipinski definition) is 2.